The molecule has 2 N–H and O–H groups in total. The Kier molecular flexibility index (Phi) is 6.18. The lowest BCUT2D eigenvalue weighted by molar-refractivity contribution is 0.308. The van der Waals surface area contributed by atoms with Crippen LogP contribution in [0.25, 0.3) is 0 Å². The highest BCUT2D eigenvalue weighted by atomic mass is 32.1. The molecule has 0 saturated carbocycles. The molecule has 0 aliphatic carbocycles. The Labute approximate surface area is 119 Å². The first-order valence-corrected chi connectivity index (χ1v) is 7.73. The summed E-state index contributed by atoms with van der Waals surface area (Å²) < 4.78 is 0. The van der Waals surface area contributed by atoms with Crippen LogP contribution >= 0.6 is 23.6 Å². The molecular weight excluding hydrogens is 262 g/mol. The fourth-order valence-electron chi connectivity index (χ4n) is 1.85. The number of likely N-dealkylation sites (N-methyl/N-ethyl adjacent to an activating group) is 1. The lowest BCUT2D eigenvalue weighted by atomic mass is 10.1. The van der Waals surface area contributed by atoms with Gasteiger partial charge in [0.25, 0.3) is 0 Å². The van der Waals surface area contributed by atoms with E-state index < -0.39 is 0 Å². The SMILES string of the molecule is CCN(CC)CCc1nc(C(C)C)c(C(N)=S)s1. The number of hydrogen-bond acceptors (Lipinski definition) is 4. The van der Waals surface area contributed by atoms with Crippen molar-refractivity contribution in [3.8, 4) is 0 Å². The van der Waals surface area contributed by atoms with Crippen molar-refractivity contribution in [2.24, 2.45) is 5.73 Å². The quantitative estimate of drug-likeness (QED) is 0.782. The summed E-state index contributed by atoms with van der Waals surface area (Å²) in [6.45, 7) is 11.9. The van der Waals surface area contributed by atoms with E-state index in [1.165, 1.54) is 0 Å². The third-order valence-corrected chi connectivity index (χ3v) is 4.50. The third-order valence-electron chi connectivity index (χ3n) is 3.00. The third kappa shape index (κ3) is 4.00. The van der Waals surface area contributed by atoms with Crippen molar-refractivity contribution in [1.82, 2.24) is 9.88 Å². The molecule has 102 valence electrons. The topological polar surface area (TPSA) is 42.2 Å². The fraction of sp³-hybridized carbons (Fsp3) is 0.692. The predicted octanol–water partition coefficient (Wildman–Crippen LogP) is 2.79. The van der Waals surface area contributed by atoms with Gasteiger partial charge in [0.1, 0.15) is 4.99 Å². The van der Waals surface area contributed by atoms with Gasteiger partial charge in [-0.2, -0.15) is 0 Å². The summed E-state index contributed by atoms with van der Waals surface area (Å²) in [6, 6.07) is 0. The molecule has 1 aromatic heterocycles. The van der Waals surface area contributed by atoms with E-state index in [-0.39, 0.29) is 0 Å². The maximum atomic E-state index is 5.77. The summed E-state index contributed by atoms with van der Waals surface area (Å²) in [5, 5.41) is 1.15. The smallest absolute Gasteiger partial charge is 0.116 e. The second-order valence-electron chi connectivity index (χ2n) is 4.62. The van der Waals surface area contributed by atoms with Crippen LogP contribution in [-0.2, 0) is 6.42 Å². The van der Waals surface area contributed by atoms with Gasteiger partial charge in [-0.3, -0.25) is 0 Å². The Bertz CT molecular complexity index is 395. The molecule has 0 aliphatic rings. The molecule has 0 bridgehead atoms. The molecule has 3 nitrogen and oxygen atoms in total. The van der Waals surface area contributed by atoms with Crippen LogP contribution in [0.5, 0.6) is 0 Å². The van der Waals surface area contributed by atoms with Gasteiger partial charge in [-0.05, 0) is 19.0 Å². The first-order chi connectivity index (χ1) is 8.49. The first kappa shape index (κ1) is 15.5. The van der Waals surface area contributed by atoms with E-state index in [1.807, 2.05) is 0 Å². The lowest BCUT2D eigenvalue weighted by Crippen LogP contribution is -2.25. The Morgan fingerprint density at radius 2 is 2.00 bits per heavy atom. The predicted molar refractivity (Wildman–Crippen MR) is 83.6 cm³/mol. The molecule has 0 aromatic carbocycles. The molecule has 0 aliphatic heterocycles. The number of thiazole rings is 1. The molecule has 0 saturated heterocycles. The maximum Gasteiger partial charge on any atom is 0.116 e. The zero-order chi connectivity index (χ0) is 13.7. The summed E-state index contributed by atoms with van der Waals surface area (Å²) in [4.78, 5) is 8.57. The van der Waals surface area contributed by atoms with E-state index in [0.29, 0.717) is 10.9 Å². The minimum Gasteiger partial charge on any atom is -0.389 e. The highest BCUT2D eigenvalue weighted by Crippen LogP contribution is 2.25. The van der Waals surface area contributed by atoms with Crippen molar-refractivity contribution in [3.63, 3.8) is 0 Å². The van der Waals surface area contributed by atoms with Gasteiger partial charge in [-0.15, -0.1) is 11.3 Å². The van der Waals surface area contributed by atoms with E-state index in [9.17, 15) is 0 Å². The standard InChI is InChI=1S/C13H23N3S2/c1-5-16(6-2)8-7-10-15-11(9(3)4)12(18-10)13(14)17/h9H,5-8H2,1-4H3,(H2,14,17). The largest absolute Gasteiger partial charge is 0.389 e. The molecule has 5 heteroatoms. The minimum atomic E-state index is 0.375. The number of nitrogens with zero attached hydrogens (tertiary/aromatic N) is 2. The number of nitrogens with two attached hydrogens (primary N) is 1. The molecule has 1 heterocycles. The van der Waals surface area contributed by atoms with Gasteiger partial charge >= 0.3 is 0 Å². The lowest BCUT2D eigenvalue weighted by Gasteiger charge is -2.16. The van der Waals surface area contributed by atoms with Crippen LogP contribution in [0.2, 0.25) is 0 Å². The van der Waals surface area contributed by atoms with E-state index in [1.54, 1.807) is 11.3 Å². The van der Waals surface area contributed by atoms with Crippen molar-refractivity contribution < 1.29 is 0 Å². The zero-order valence-corrected chi connectivity index (χ0v) is 13.3. The van der Waals surface area contributed by atoms with Crippen LogP contribution in [-0.4, -0.2) is 34.5 Å². The first-order valence-electron chi connectivity index (χ1n) is 6.51. The van der Waals surface area contributed by atoms with Crippen molar-refractivity contribution in [2.75, 3.05) is 19.6 Å². The second-order valence-corrected chi connectivity index (χ2v) is 6.14. The number of thiocarbonyl (C=S) groups is 1. The Morgan fingerprint density at radius 3 is 2.39 bits per heavy atom. The van der Waals surface area contributed by atoms with Crippen LogP contribution in [0.1, 0.15) is 49.2 Å². The van der Waals surface area contributed by atoms with E-state index in [0.717, 1.165) is 41.6 Å². The van der Waals surface area contributed by atoms with Gasteiger partial charge in [-0.25, -0.2) is 4.98 Å². The van der Waals surface area contributed by atoms with Crippen molar-refractivity contribution in [1.29, 1.82) is 0 Å². The second kappa shape index (κ2) is 7.16. The zero-order valence-electron chi connectivity index (χ0n) is 11.7. The molecule has 0 unspecified atom stereocenters. The van der Waals surface area contributed by atoms with Gasteiger partial charge in [0.2, 0.25) is 0 Å². The van der Waals surface area contributed by atoms with Gasteiger partial charge in [-0.1, -0.05) is 39.9 Å². The summed E-state index contributed by atoms with van der Waals surface area (Å²) >= 11 is 6.76. The summed E-state index contributed by atoms with van der Waals surface area (Å²) in [6.07, 6.45) is 0.981. The van der Waals surface area contributed by atoms with Gasteiger partial charge in [0, 0.05) is 13.0 Å². The number of rotatable bonds is 7. The van der Waals surface area contributed by atoms with Crippen molar-refractivity contribution in [2.45, 2.75) is 40.0 Å². The molecule has 0 atom stereocenters. The highest BCUT2D eigenvalue weighted by Gasteiger charge is 2.16. The molecule has 1 rings (SSSR count). The molecular formula is C13H23N3S2. The monoisotopic (exact) mass is 285 g/mol. The summed E-state index contributed by atoms with van der Waals surface area (Å²) in [5.41, 5.74) is 6.82. The van der Waals surface area contributed by atoms with Gasteiger partial charge in [0.05, 0.1) is 15.6 Å². The average molecular weight is 285 g/mol. The summed E-state index contributed by atoms with van der Waals surface area (Å²) in [7, 11) is 0. The molecule has 1 aromatic rings. The van der Waals surface area contributed by atoms with Crippen LogP contribution in [0.15, 0.2) is 0 Å². The number of hydrogen-bond donors (Lipinski definition) is 1. The maximum absolute atomic E-state index is 5.77. The van der Waals surface area contributed by atoms with Crippen molar-refractivity contribution in [3.05, 3.63) is 15.6 Å². The van der Waals surface area contributed by atoms with E-state index in [4.69, 9.17) is 22.9 Å². The van der Waals surface area contributed by atoms with Crippen LogP contribution in [0.4, 0.5) is 0 Å². The molecule has 0 radical (unpaired) electrons. The van der Waals surface area contributed by atoms with E-state index in [2.05, 4.69) is 32.6 Å². The Hall–Kier alpha value is -0.520. The minimum absolute atomic E-state index is 0.375. The normalized spacial score (nSPS) is 11.4. The van der Waals surface area contributed by atoms with Gasteiger partial charge in [0.15, 0.2) is 0 Å². The molecule has 0 amide bonds. The van der Waals surface area contributed by atoms with Crippen LogP contribution < -0.4 is 5.73 Å². The Balaban J connectivity index is 2.79. The summed E-state index contributed by atoms with van der Waals surface area (Å²) in [5.74, 6) is 0.375. The van der Waals surface area contributed by atoms with E-state index >= 15 is 0 Å². The molecule has 0 fully saturated rings. The molecule has 18 heavy (non-hydrogen) atoms. The average Bonchev–Trinajstić information content (AvgIpc) is 2.75. The number of aromatic nitrogens is 1. The van der Waals surface area contributed by atoms with Crippen LogP contribution in [0.3, 0.4) is 0 Å². The molecule has 0 spiro atoms. The fourth-order valence-corrected chi connectivity index (χ4v) is 3.14. The van der Waals surface area contributed by atoms with Crippen molar-refractivity contribution >= 4 is 28.5 Å². The van der Waals surface area contributed by atoms with Crippen LogP contribution in [0, 0.1) is 0 Å². The van der Waals surface area contributed by atoms with Gasteiger partial charge < -0.3 is 10.6 Å². The highest BCUT2D eigenvalue weighted by molar-refractivity contribution is 7.81. The Morgan fingerprint density at radius 1 is 1.39 bits per heavy atom.